The molecule has 0 saturated heterocycles. The summed E-state index contributed by atoms with van der Waals surface area (Å²) in [6, 6.07) is -1.34. The first-order chi connectivity index (χ1) is 9.04. The molecule has 4 N–H and O–H groups in total. The molecule has 106 valence electrons. The Balaban J connectivity index is 2.34. The molecule has 2 amide bonds. The Kier molecular flexibility index (Phi) is 5.84. The molecule has 0 saturated carbocycles. The predicted molar refractivity (Wildman–Crippen MR) is 69.7 cm³/mol. The van der Waals surface area contributed by atoms with Gasteiger partial charge in [0, 0.05) is 25.4 Å². The van der Waals surface area contributed by atoms with E-state index in [1.807, 2.05) is 6.92 Å². The third-order valence-electron chi connectivity index (χ3n) is 2.97. The number of nitrogens with zero attached hydrogens (tertiary/aromatic N) is 1. The lowest BCUT2D eigenvalue weighted by Crippen LogP contribution is -2.49. The minimum absolute atomic E-state index is 0.117. The Morgan fingerprint density at radius 2 is 2.26 bits per heavy atom. The molecule has 0 fully saturated rings. The second-order valence-corrected chi connectivity index (χ2v) is 4.39. The monoisotopic (exact) mass is 268 g/mol. The molecule has 2 unspecified atom stereocenters. The molecule has 2 atom stereocenters. The number of nitrogens with one attached hydrogen (secondary N) is 3. The van der Waals surface area contributed by atoms with Crippen LogP contribution in [0.25, 0.3) is 0 Å². The number of carboxylic acids is 1. The number of rotatable bonds is 7. The van der Waals surface area contributed by atoms with E-state index in [1.54, 1.807) is 19.3 Å². The Hall–Kier alpha value is -2.05. The average molecular weight is 268 g/mol. The van der Waals surface area contributed by atoms with Gasteiger partial charge in [-0.2, -0.15) is 0 Å². The smallest absolute Gasteiger partial charge is 0.326 e. The normalized spacial score (nSPS) is 13.6. The molecule has 1 aromatic rings. The highest BCUT2D eigenvalue weighted by molar-refractivity contribution is 5.82. The van der Waals surface area contributed by atoms with Gasteiger partial charge in [-0.1, -0.05) is 20.3 Å². The van der Waals surface area contributed by atoms with Crippen LogP contribution >= 0.6 is 0 Å². The Bertz CT molecular complexity index is 405. The largest absolute Gasteiger partial charge is 0.480 e. The van der Waals surface area contributed by atoms with Gasteiger partial charge in [0.05, 0.1) is 0 Å². The SMILES string of the molecule is CCC(C)C(NC(=O)NCCc1ncc[nH]1)C(=O)O. The summed E-state index contributed by atoms with van der Waals surface area (Å²) < 4.78 is 0. The quantitative estimate of drug-likeness (QED) is 0.585. The summed E-state index contributed by atoms with van der Waals surface area (Å²) in [6.07, 6.45) is 4.60. The molecular weight excluding hydrogens is 248 g/mol. The Morgan fingerprint density at radius 3 is 2.79 bits per heavy atom. The van der Waals surface area contributed by atoms with Crippen LogP contribution in [0.15, 0.2) is 12.4 Å². The van der Waals surface area contributed by atoms with Crippen molar-refractivity contribution in [2.75, 3.05) is 6.54 Å². The fourth-order valence-electron chi connectivity index (χ4n) is 1.60. The van der Waals surface area contributed by atoms with Crippen molar-refractivity contribution >= 4 is 12.0 Å². The highest BCUT2D eigenvalue weighted by Crippen LogP contribution is 2.07. The molecule has 0 radical (unpaired) electrons. The standard InChI is InChI=1S/C12H20N4O3/c1-3-8(2)10(11(17)18)16-12(19)15-5-4-9-13-6-7-14-9/h6-8,10H,3-5H2,1-2H3,(H,13,14)(H,17,18)(H2,15,16,19). The van der Waals surface area contributed by atoms with Gasteiger partial charge in [-0.05, 0) is 5.92 Å². The van der Waals surface area contributed by atoms with Gasteiger partial charge in [-0.3, -0.25) is 0 Å². The zero-order chi connectivity index (χ0) is 14.3. The first kappa shape index (κ1) is 15.0. The molecule has 0 aliphatic rings. The predicted octanol–water partition coefficient (Wildman–Crippen LogP) is 0.751. The first-order valence-corrected chi connectivity index (χ1v) is 6.30. The van der Waals surface area contributed by atoms with E-state index in [0.717, 1.165) is 5.82 Å². The third-order valence-corrected chi connectivity index (χ3v) is 2.97. The molecular formula is C12H20N4O3. The summed E-state index contributed by atoms with van der Waals surface area (Å²) in [6.45, 7) is 4.07. The molecule has 19 heavy (non-hydrogen) atoms. The number of urea groups is 1. The number of carbonyl (C=O) groups excluding carboxylic acids is 1. The third kappa shape index (κ3) is 4.99. The fraction of sp³-hybridized carbons (Fsp3) is 0.583. The van der Waals surface area contributed by atoms with Crippen LogP contribution in [-0.4, -0.2) is 39.7 Å². The van der Waals surface area contributed by atoms with Crippen molar-refractivity contribution in [2.24, 2.45) is 5.92 Å². The number of hydrogen-bond donors (Lipinski definition) is 4. The minimum atomic E-state index is -1.02. The van der Waals surface area contributed by atoms with Gasteiger partial charge in [0.2, 0.25) is 0 Å². The van der Waals surface area contributed by atoms with Crippen molar-refractivity contribution in [1.29, 1.82) is 0 Å². The summed E-state index contributed by atoms with van der Waals surface area (Å²) in [4.78, 5) is 29.6. The number of aliphatic carboxylic acids is 1. The van der Waals surface area contributed by atoms with Crippen LogP contribution in [0.4, 0.5) is 4.79 Å². The van der Waals surface area contributed by atoms with Crippen LogP contribution in [0.5, 0.6) is 0 Å². The summed E-state index contributed by atoms with van der Waals surface area (Å²) in [5, 5.41) is 14.1. The first-order valence-electron chi connectivity index (χ1n) is 6.30. The lowest BCUT2D eigenvalue weighted by molar-refractivity contribution is -0.140. The van der Waals surface area contributed by atoms with E-state index < -0.39 is 18.0 Å². The highest BCUT2D eigenvalue weighted by atomic mass is 16.4. The lowest BCUT2D eigenvalue weighted by Gasteiger charge is -2.20. The summed E-state index contributed by atoms with van der Waals surface area (Å²) in [7, 11) is 0. The van der Waals surface area contributed by atoms with Crippen LogP contribution < -0.4 is 10.6 Å². The van der Waals surface area contributed by atoms with E-state index in [0.29, 0.717) is 19.4 Å². The van der Waals surface area contributed by atoms with Gasteiger partial charge >= 0.3 is 12.0 Å². The molecule has 0 aromatic carbocycles. The van der Waals surface area contributed by atoms with Gasteiger partial charge < -0.3 is 20.7 Å². The van der Waals surface area contributed by atoms with Crippen molar-refractivity contribution in [1.82, 2.24) is 20.6 Å². The van der Waals surface area contributed by atoms with Crippen molar-refractivity contribution in [3.63, 3.8) is 0 Å². The van der Waals surface area contributed by atoms with E-state index in [2.05, 4.69) is 20.6 Å². The maximum absolute atomic E-state index is 11.6. The Labute approximate surface area is 111 Å². The molecule has 0 aliphatic heterocycles. The maximum atomic E-state index is 11.6. The van der Waals surface area contributed by atoms with E-state index >= 15 is 0 Å². The van der Waals surface area contributed by atoms with E-state index in [9.17, 15) is 9.59 Å². The summed E-state index contributed by atoms with van der Waals surface area (Å²) in [5.74, 6) is -0.360. The molecule has 0 aliphatic carbocycles. The van der Waals surface area contributed by atoms with Crippen molar-refractivity contribution < 1.29 is 14.7 Å². The number of H-pyrrole nitrogens is 1. The lowest BCUT2D eigenvalue weighted by atomic mass is 9.99. The molecule has 1 heterocycles. The van der Waals surface area contributed by atoms with Crippen LogP contribution in [-0.2, 0) is 11.2 Å². The van der Waals surface area contributed by atoms with Crippen LogP contribution in [0, 0.1) is 5.92 Å². The topological polar surface area (TPSA) is 107 Å². The number of amides is 2. The second-order valence-electron chi connectivity index (χ2n) is 4.39. The number of aromatic amines is 1. The highest BCUT2D eigenvalue weighted by Gasteiger charge is 2.24. The summed E-state index contributed by atoms with van der Waals surface area (Å²) in [5.41, 5.74) is 0. The molecule has 1 aromatic heterocycles. The summed E-state index contributed by atoms with van der Waals surface area (Å²) >= 11 is 0. The van der Waals surface area contributed by atoms with Crippen molar-refractivity contribution in [3.8, 4) is 0 Å². The van der Waals surface area contributed by atoms with Crippen molar-refractivity contribution in [2.45, 2.75) is 32.7 Å². The van der Waals surface area contributed by atoms with Crippen LogP contribution in [0.1, 0.15) is 26.1 Å². The molecule has 0 spiro atoms. The van der Waals surface area contributed by atoms with Gasteiger partial charge in [-0.25, -0.2) is 14.6 Å². The second kappa shape index (κ2) is 7.40. The number of imidazole rings is 1. The molecule has 7 nitrogen and oxygen atoms in total. The van der Waals surface area contributed by atoms with E-state index in [-0.39, 0.29) is 5.92 Å². The maximum Gasteiger partial charge on any atom is 0.326 e. The van der Waals surface area contributed by atoms with Gasteiger partial charge in [0.15, 0.2) is 0 Å². The Morgan fingerprint density at radius 1 is 1.53 bits per heavy atom. The van der Waals surface area contributed by atoms with Gasteiger partial charge in [-0.15, -0.1) is 0 Å². The molecule has 0 bridgehead atoms. The van der Waals surface area contributed by atoms with E-state index in [4.69, 9.17) is 5.11 Å². The number of carboxylic acid groups (broad SMARTS) is 1. The number of aromatic nitrogens is 2. The zero-order valence-corrected chi connectivity index (χ0v) is 11.1. The average Bonchev–Trinajstić information content (AvgIpc) is 2.87. The van der Waals surface area contributed by atoms with Gasteiger partial charge in [0.25, 0.3) is 0 Å². The van der Waals surface area contributed by atoms with Crippen LogP contribution in [0.3, 0.4) is 0 Å². The van der Waals surface area contributed by atoms with Crippen LogP contribution in [0.2, 0.25) is 0 Å². The molecule has 1 rings (SSSR count). The minimum Gasteiger partial charge on any atom is -0.480 e. The number of carbonyl (C=O) groups is 2. The van der Waals surface area contributed by atoms with E-state index in [1.165, 1.54) is 0 Å². The van der Waals surface area contributed by atoms with Crippen molar-refractivity contribution in [3.05, 3.63) is 18.2 Å². The number of hydrogen-bond acceptors (Lipinski definition) is 3. The molecule has 7 heteroatoms. The zero-order valence-electron chi connectivity index (χ0n) is 11.1. The fourth-order valence-corrected chi connectivity index (χ4v) is 1.60. The van der Waals surface area contributed by atoms with Gasteiger partial charge in [0.1, 0.15) is 11.9 Å².